The average Bonchev–Trinajstić information content (AvgIpc) is 3.35. The van der Waals surface area contributed by atoms with E-state index in [4.69, 9.17) is 8.94 Å². The van der Waals surface area contributed by atoms with Gasteiger partial charge in [-0.25, -0.2) is 9.37 Å². The molecule has 2 aromatic carbocycles. The van der Waals surface area contributed by atoms with Gasteiger partial charge in [0.25, 0.3) is 0 Å². The normalized spacial score (nSPS) is 18.0. The minimum absolute atomic E-state index is 0.167. The Labute approximate surface area is 161 Å². The number of hydrogen-bond acceptors (Lipinski definition) is 6. The van der Waals surface area contributed by atoms with Gasteiger partial charge < -0.3 is 8.94 Å². The van der Waals surface area contributed by atoms with Crippen molar-refractivity contribution in [3.63, 3.8) is 0 Å². The van der Waals surface area contributed by atoms with Crippen molar-refractivity contribution < 1.29 is 13.3 Å². The Hall–Kier alpha value is -3.06. The first kappa shape index (κ1) is 17.1. The number of likely N-dealkylation sites (tertiary alicyclic amines) is 1. The summed E-state index contributed by atoms with van der Waals surface area (Å²) in [5.41, 5.74) is 2.44. The largest absolute Gasteiger partial charge is 0.439 e. The van der Waals surface area contributed by atoms with Crippen molar-refractivity contribution in [2.45, 2.75) is 25.3 Å². The molecule has 0 aliphatic carbocycles. The first-order valence-corrected chi connectivity index (χ1v) is 9.41. The van der Waals surface area contributed by atoms with Crippen molar-refractivity contribution in [2.24, 2.45) is 0 Å². The number of halogens is 1. The second kappa shape index (κ2) is 7.16. The highest BCUT2D eigenvalue weighted by molar-refractivity contribution is 5.72. The molecule has 1 unspecified atom stereocenters. The number of benzene rings is 2. The predicted molar refractivity (Wildman–Crippen MR) is 101 cm³/mol. The molecule has 1 aliphatic rings. The predicted octanol–water partition coefficient (Wildman–Crippen LogP) is 4.40. The molecular weight excluding hydrogens is 359 g/mol. The van der Waals surface area contributed by atoms with Crippen LogP contribution in [0.25, 0.3) is 22.5 Å². The maximum absolute atomic E-state index is 13.1. The van der Waals surface area contributed by atoms with E-state index in [1.807, 2.05) is 24.3 Å². The molecule has 0 spiro atoms. The van der Waals surface area contributed by atoms with Crippen LogP contribution in [0.15, 0.2) is 57.5 Å². The van der Waals surface area contributed by atoms with Gasteiger partial charge in [0.05, 0.1) is 12.5 Å². The number of fused-ring (bicyclic) bond motifs is 1. The molecule has 4 aromatic rings. The molecule has 0 bridgehead atoms. The number of piperidine rings is 1. The van der Waals surface area contributed by atoms with Crippen molar-refractivity contribution in [2.75, 3.05) is 13.1 Å². The summed E-state index contributed by atoms with van der Waals surface area (Å²) in [5, 5.41) is 4.07. The Morgan fingerprint density at radius 1 is 1.07 bits per heavy atom. The third-order valence-electron chi connectivity index (χ3n) is 5.10. The summed E-state index contributed by atoms with van der Waals surface area (Å²) < 4.78 is 24.5. The Bertz CT molecular complexity index is 1060. The van der Waals surface area contributed by atoms with Gasteiger partial charge in [-0.3, -0.25) is 4.90 Å². The Kier molecular flexibility index (Phi) is 4.37. The Morgan fingerprint density at radius 2 is 1.93 bits per heavy atom. The monoisotopic (exact) mass is 378 g/mol. The van der Waals surface area contributed by atoms with E-state index in [0.717, 1.165) is 48.5 Å². The third kappa shape index (κ3) is 3.41. The van der Waals surface area contributed by atoms with Gasteiger partial charge in [0.15, 0.2) is 5.58 Å². The molecule has 2 aromatic heterocycles. The van der Waals surface area contributed by atoms with Gasteiger partial charge in [0.1, 0.15) is 11.3 Å². The van der Waals surface area contributed by atoms with Gasteiger partial charge in [-0.05, 0) is 55.8 Å². The lowest BCUT2D eigenvalue weighted by Crippen LogP contribution is -2.34. The maximum Gasteiger partial charge on any atom is 0.231 e. The summed E-state index contributed by atoms with van der Waals surface area (Å²) in [5.74, 6) is 1.72. The molecule has 142 valence electrons. The van der Waals surface area contributed by atoms with E-state index in [-0.39, 0.29) is 11.7 Å². The van der Waals surface area contributed by atoms with Gasteiger partial charge in [-0.1, -0.05) is 17.3 Å². The van der Waals surface area contributed by atoms with Crippen LogP contribution in [0.3, 0.4) is 0 Å². The zero-order valence-corrected chi connectivity index (χ0v) is 15.2. The Balaban J connectivity index is 1.29. The van der Waals surface area contributed by atoms with Crippen molar-refractivity contribution in [1.29, 1.82) is 0 Å². The maximum atomic E-state index is 13.1. The second-order valence-electron chi connectivity index (χ2n) is 7.11. The van der Waals surface area contributed by atoms with Crippen LogP contribution in [-0.4, -0.2) is 33.1 Å². The van der Waals surface area contributed by atoms with Crippen LogP contribution >= 0.6 is 0 Å². The molecule has 0 radical (unpaired) electrons. The van der Waals surface area contributed by atoms with E-state index in [1.54, 1.807) is 12.1 Å². The lowest BCUT2D eigenvalue weighted by Gasteiger charge is -2.29. The number of nitrogens with zero attached hydrogens (tertiary/aromatic N) is 4. The lowest BCUT2D eigenvalue weighted by atomic mass is 9.98. The molecule has 5 rings (SSSR count). The van der Waals surface area contributed by atoms with Gasteiger partial charge in [0, 0.05) is 12.1 Å². The average molecular weight is 378 g/mol. The first-order valence-electron chi connectivity index (χ1n) is 9.41. The van der Waals surface area contributed by atoms with E-state index < -0.39 is 0 Å². The zero-order valence-electron chi connectivity index (χ0n) is 15.2. The number of aromatic nitrogens is 3. The van der Waals surface area contributed by atoms with E-state index >= 15 is 0 Å². The van der Waals surface area contributed by atoms with Crippen LogP contribution in [0.2, 0.25) is 0 Å². The highest BCUT2D eigenvalue weighted by Crippen LogP contribution is 2.28. The van der Waals surface area contributed by atoms with Crippen molar-refractivity contribution in [1.82, 2.24) is 20.0 Å². The van der Waals surface area contributed by atoms with Gasteiger partial charge >= 0.3 is 0 Å². The molecule has 1 atom stereocenters. The fraction of sp³-hybridized carbons (Fsp3) is 0.286. The van der Waals surface area contributed by atoms with Crippen LogP contribution in [0.4, 0.5) is 4.39 Å². The van der Waals surface area contributed by atoms with Crippen molar-refractivity contribution >= 4 is 11.1 Å². The molecular formula is C21H19FN4O2. The summed E-state index contributed by atoms with van der Waals surface area (Å²) in [7, 11) is 0. The number of oxazole rings is 1. The number of rotatable bonds is 4. The van der Waals surface area contributed by atoms with E-state index in [1.165, 1.54) is 12.1 Å². The molecule has 28 heavy (non-hydrogen) atoms. The molecule has 1 aliphatic heterocycles. The second-order valence-corrected chi connectivity index (χ2v) is 7.11. The van der Waals surface area contributed by atoms with Gasteiger partial charge in [0.2, 0.25) is 17.6 Å². The summed E-state index contributed by atoms with van der Waals surface area (Å²) in [4.78, 5) is 11.4. The van der Waals surface area contributed by atoms with E-state index in [0.29, 0.717) is 18.3 Å². The summed E-state index contributed by atoms with van der Waals surface area (Å²) in [6.07, 6.45) is 2.04. The summed E-state index contributed by atoms with van der Waals surface area (Å²) in [6.45, 7) is 2.45. The number of para-hydroxylation sites is 2. The summed E-state index contributed by atoms with van der Waals surface area (Å²) in [6, 6.07) is 13.9. The van der Waals surface area contributed by atoms with Crippen LogP contribution in [-0.2, 0) is 6.54 Å². The van der Waals surface area contributed by atoms with Crippen LogP contribution in [0, 0.1) is 5.82 Å². The molecule has 0 N–H and O–H groups in total. The van der Waals surface area contributed by atoms with Gasteiger partial charge in [-0.15, -0.1) is 0 Å². The highest BCUT2D eigenvalue weighted by atomic mass is 19.1. The van der Waals surface area contributed by atoms with E-state index in [2.05, 4.69) is 20.0 Å². The van der Waals surface area contributed by atoms with Gasteiger partial charge in [-0.2, -0.15) is 4.98 Å². The van der Waals surface area contributed by atoms with Crippen molar-refractivity contribution in [3.8, 4) is 11.4 Å². The molecule has 0 saturated carbocycles. The fourth-order valence-corrected chi connectivity index (χ4v) is 3.70. The molecule has 3 heterocycles. The fourth-order valence-electron chi connectivity index (χ4n) is 3.70. The number of hydrogen-bond donors (Lipinski definition) is 0. The standard InChI is InChI=1S/C21H19FN4O2/c22-16-9-7-14(8-10-16)20-24-21(28-25-20)15-4-3-11-26(12-15)13-19-23-17-5-1-2-6-18(17)27-19/h1-2,5-10,15H,3-4,11-13H2. The topological polar surface area (TPSA) is 68.2 Å². The van der Waals surface area contributed by atoms with Crippen LogP contribution < -0.4 is 0 Å². The quantitative estimate of drug-likeness (QED) is 0.524. The van der Waals surface area contributed by atoms with Crippen molar-refractivity contribution in [3.05, 3.63) is 66.1 Å². The van der Waals surface area contributed by atoms with E-state index in [9.17, 15) is 4.39 Å². The third-order valence-corrected chi connectivity index (χ3v) is 5.10. The molecule has 7 heteroatoms. The SMILES string of the molecule is Fc1ccc(-c2noc(C3CCCN(Cc4nc5ccccc5o4)C3)n2)cc1. The zero-order chi connectivity index (χ0) is 18.9. The Morgan fingerprint density at radius 3 is 2.79 bits per heavy atom. The minimum Gasteiger partial charge on any atom is -0.439 e. The smallest absolute Gasteiger partial charge is 0.231 e. The molecule has 6 nitrogen and oxygen atoms in total. The first-order chi connectivity index (χ1) is 13.7. The molecule has 0 amide bonds. The van der Waals surface area contributed by atoms with Crippen LogP contribution in [0.5, 0.6) is 0 Å². The molecule has 1 saturated heterocycles. The minimum atomic E-state index is -0.283. The highest BCUT2D eigenvalue weighted by Gasteiger charge is 2.27. The molecule has 1 fully saturated rings. The summed E-state index contributed by atoms with van der Waals surface area (Å²) >= 11 is 0. The van der Waals surface area contributed by atoms with Crippen LogP contribution in [0.1, 0.15) is 30.5 Å². The lowest BCUT2D eigenvalue weighted by molar-refractivity contribution is 0.168.